The van der Waals surface area contributed by atoms with Crippen molar-refractivity contribution in [2.24, 2.45) is 11.8 Å². The minimum absolute atomic E-state index is 0.148. The molecule has 0 radical (unpaired) electrons. The number of fused-ring (bicyclic) bond motifs is 2. The smallest absolute Gasteiger partial charge is 0.264 e. The summed E-state index contributed by atoms with van der Waals surface area (Å²) in [6.07, 6.45) is 1.75. The number of aryl methyl sites for hydroxylation is 1. The topological polar surface area (TPSA) is 40.5 Å². The van der Waals surface area contributed by atoms with Gasteiger partial charge in [0.2, 0.25) is 0 Å². The number of nitrogens with zero attached hydrogens (tertiary/aromatic N) is 1. The number of aliphatic hydroxyl groups is 1. The first-order chi connectivity index (χ1) is 10.1. The molecule has 1 aliphatic carbocycles. The van der Waals surface area contributed by atoms with Crippen molar-refractivity contribution >= 4 is 27.3 Å². The third-order valence-corrected chi connectivity index (χ3v) is 6.41. The summed E-state index contributed by atoms with van der Waals surface area (Å²) < 4.78 is 1.18. The number of hydrogen-bond donors (Lipinski definition) is 1. The molecule has 3 atom stereocenters. The maximum Gasteiger partial charge on any atom is 0.264 e. The second-order valence-corrected chi connectivity index (χ2v) is 7.38. The van der Waals surface area contributed by atoms with Gasteiger partial charge >= 0.3 is 0 Å². The van der Waals surface area contributed by atoms with Crippen LogP contribution >= 0.6 is 11.3 Å². The van der Waals surface area contributed by atoms with Gasteiger partial charge in [0.05, 0.1) is 11.0 Å². The van der Waals surface area contributed by atoms with Gasteiger partial charge in [-0.1, -0.05) is 18.2 Å². The van der Waals surface area contributed by atoms with E-state index in [1.807, 2.05) is 24.0 Å². The van der Waals surface area contributed by atoms with Crippen LogP contribution in [0.3, 0.4) is 0 Å². The Morgan fingerprint density at radius 2 is 2.10 bits per heavy atom. The molecule has 1 amide bonds. The predicted octanol–water partition coefficient (Wildman–Crippen LogP) is 3.05. The van der Waals surface area contributed by atoms with Crippen LogP contribution in [0.2, 0.25) is 0 Å². The number of hydrogen-bond acceptors (Lipinski definition) is 3. The van der Waals surface area contributed by atoms with Crippen molar-refractivity contribution in [3.8, 4) is 0 Å². The molecule has 1 aromatic carbocycles. The van der Waals surface area contributed by atoms with Crippen molar-refractivity contribution in [3.63, 3.8) is 0 Å². The molecule has 4 heteroatoms. The number of rotatable bonds is 1. The molecule has 2 fully saturated rings. The van der Waals surface area contributed by atoms with E-state index in [0.717, 1.165) is 36.4 Å². The van der Waals surface area contributed by atoms with Crippen molar-refractivity contribution in [2.45, 2.75) is 25.9 Å². The first kappa shape index (κ1) is 13.3. The number of carbonyl (C=O) groups is 1. The molecule has 21 heavy (non-hydrogen) atoms. The van der Waals surface area contributed by atoms with Crippen LogP contribution in [-0.2, 0) is 0 Å². The largest absolute Gasteiger partial charge is 0.393 e. The number of amides is 1. The summed E-state index contributed by atoms with van der Waals surface area (Å²) in [7, 11) is 0. The highest BCUT2D eigenvalue weighted by molar-refractivity contribution is 7.21. The Kier molecular flexibility index (Phi) is 3.05. The van der Waals surface area contributed by atoms with Crippen LogP contribution in [0.15, 0.2) is 24.3 Å². The van der Waals surface area contributed by atoms with Crippen LogP contribution in [0.5, 0.6) is 0 Å². The van der Waals surface area contributed by atoms with Crippen LogP contribution in [0, 0.1) is 18.8 Å². The van der Waals surface area contributed by atoms with Gasteiger partial charge in [0.25, 0.3) is 5.91 Å². The van der Waals surface area contributed by atoms with Gasteiger partial charge in [0.15, 0.2) is 0 Å². The second-order valence-electron chi connectivity index (χ2n) is 6.33. The highest BCUT2D eigenvalue weighted by Crippen LogP contribution is 2.40. The molecular weight excluding hydrogens is 282 g/mol. The molecule has 3 unspecified atom stereocenters. The molecular formula is C17H19NO2S. The first-order valence-electron chi connectivity index (χ1n) is 7.60. The van der Waals surface area contributed by atoms with Gasteiger partial charge in [-0.2, -0.15) is 0 Å². The Balaban J connectivity index is 1.64. The SMILES string of the molecule is Cc1c(C(=O)N2CC3CCC(O)C3C2)sc2ccccc12. The summed E-state index contributed by atoms with van der Waals surface area (Å²) in [6, 6.07) is 8.20. The fraction of sp³-hybridized carbons (Fsp3) is 0.471. The van der Waals surface area contributed by atoms with Crippen molar-refractivity contribution in [2.75, 3.05) is 13.1 Å². The zero-order chi connectivity index (χ0) is 14.6. The summed E-state index contributed by atoms with van der Waals surface area (Å²) in [5.41, 5.74) is 1.10. The molecule has 1 saturated heterocycles. The highest BCUT2D eigenvalue weighted by atomic mass is 32.1. The van der Waals surface area contributed by atoms with E-state index in [4.69, 9.17) is 0 Å². The van der Waals surface area contributed by atoms with Crippen molar-refractivity contribution in [1.29, 1.82) is 0 Å². The van der Waals surface area contributed by atoms with Crippen LogP contribution < -0.4 is 0 Å². The van der Waals surface area contributed by atoms with Crippen LogP contribution in [0.25, 0.3) is 10.1 Å². The number of aliphatic hydroxyl groups excluding tert-OH is 1. The number of thiophene rings is 1. The highest BCUT2D eigenvalue weighted by Gasteiger charge is 2.43. The zero-order valence-corrected chi connectivity index (χ0v) is 12.9. The molecule has 2 aromatic rings. The van der Waals surface area contributed by atoms with E-state index in [9.17, 15) is 9.90 Å². The van der Waals surface area contributed by atoms with Crippen molar-refractivity contribution < 1.29 is 9.90 Å². The van der Waals surface area contributed by atoms with Gasteiger partial charge in [-0.05, 0) is 42.7 Å². The van der Waals surface area contributed by atoms with E-state index >= 15 is 0 Å². The lowest BCUT2D eigenvalue weighted by atomic mass is 10.00. The fourth-order valence-electron chi connectivity index (χ4n) is 3.92. The summed E-state index contributed by atoms with van der Waals surface area (Å²) in [6.45, 7) is 3.57. The molecule has 0 spiro atoms. The lowest BCUT2D eigenvalue weighted by molar-refractivity contribution is 0.0756. The summed E-state index contributed by atoms with van der Waals surface area (Å²) in [4.78, 5) is 15.7. The fourth-order valence-corrected chi connectivity index (χ4v) is 5.10. The van der Waals surface area contributed by atoms with E-state index in [2.05, 4.69) is 12.1 Å². The van der Waals surface area contributed by atoms with Gasteiger partial charge in [-0.25, -0.2) is 0 Å². The number of benzene rings is 1. The molecule has 110 valence electrons. The Bertz CT molecular complexity index is 708. The van der Waals surface area contributed by atoms with Gasteiger partial charge in [0.1, 0.15) is 0 Å². The minimum atomic E-state index is -0.212. The summed E-state index contributed by atoms with van der Waals surface area (Å²) >= 11 is 1.59. The van der Waals surface area contributed by atoms with Crippen LogP contribution in [0.1, 0.15) is 28.1 Å². The zero-order valence-electron chi connectivity index (χ0n) is 12.1. The first-order valence-corrected chi connectivity index (χ1v) is 8.42. The summed E-state index contributed by atoms with van der Waals surface area (Å²) in [5.74, 6) is 0.942. The molecule has 1 aromatic heterocycles. The molecule has 4 rings (SSSR count). The molecule has 1 aliphatic heterocycles. The van der Waals surface area contributed by atoms with Gasteiger partial charge in [-0.15, -0.1) is 11.3 Å². The molecule has 2 heterocycles. The molecule has 1 saturated carbocycles. The normalized spacial score (nSPS) is 28.3. The Morgan fingerprint density at radius 1 is 1.29 bits per heavy atom. The van der Waals surface area contributed by atoms with Crippen LogP contribution in [0.4, 0.5) is 0 Å². The van der Waals surface area contributed by atoms with E-state index in [0.29, 0.717) is 11.8 Å². The maximum atomic E-state index is 12.8. The molecule has 0 bridgehead atoms. The van der Waals surface area contributed by atoms with E-state index < -0.39 is 0 Å². The maximum absolute atomic E-state index is 12.8. The Labute approximate surface area is 128 Å². The molecule has 2 aliphatic rings. The van der Waals surface area contributed by atoms with Gasteiger partial charge in [0, 0.05) is 23.7 Å². The van der Waals surface area contributed by atoms with E-state index in [-0.39, 0.29) is 12.0 Å². The Morgan fingerprint density at radius 3 is 2.86 bits per heavy atom. The lowest BCUT2D eigenvalue weighted by Crippen LogP contribution is -2.30. The van der Waals surface area contributed by atoms with Crippen molar-refractivity contribution in [1.82, 2.24) is 4.90 Å². The van der Waals surface area contributed by atoms with Crippen LogP contribution in [-0.4, -0.2) is 35.1 Å². The third-order valence-electron chi connectivity index (χ3n) is 5.14. The van der Waals surface area contributed by atoms with E-state index in [1.54, 1.807) is 11.3 Å². The predicted molar refractivity (Wildman–Crippen MR) is 84.7 cm³/mol. The summed E-state index contributed by atoms with van der Waals surface area (Å²) in [5, 5.41) is 11.2. The average molecular weight is 301 g/mol. The Hall–Kier alpha value is -1.39. The average Bonchev–Trinajstić information content (AvgIpc) is 3.15. The van der Waals surface area contributed by atoms with Gasteiger partial charge < -0.3 is 10.0 Å². The third kappa shape index (κ3) is 2.00. The van der Waals surface area contributed by atoms with Gasteiger partial charge in [-0.3, -0.25) is 4.79 Å². The van der Waals surface area contributed by atoms with Crippen molar-refractivity contribution in [3.05, 3.63) is 34.7 Å². The quantitative estimate of drug-likeness (QED) is 0.879. The monoisotopic (exact) mass is 301 g/mol. The standard InChI is InChI=1S/C17H19NO2S/c1-10-12-4-2-3-5-15(12)21-16(10)17(20)18-8-11-6-7-14(19)13(11)9-18/h2-5,11,13-14,19H,6-9H2,1H3. The number of carbonyl (C=O) groups excluding carboxylic acids is 1. The minimum Gasteiger partial charge on any atom is -0.393 e. The molecule has 3 nitrogen and oxygen atoms in total. The van der Waals surface area contributed by atoms with E-state index in [1.165, 1.54) is 10.1 Å². The second kappa shape index (κ2) is 4.82. The number of likely N-dealkylation sites (tertiary alicyclic amines) is 1. The molecule has 1 N–H and O–H groups in total. The lowest BCUT2D eigenvalue weighted by Gasteiger charge is -2.18.